The largest absolute Gasteiger partial charge is 0.335 e. The zero-order valence-corrected chi connectivity index (χ0v) is 17.3. The topological polar surface area (TPSA) is 36.4 Å². The summed E-state index contributed by atoms with van der Waals surface area (Å²) in [5.41, 5.74) is 2.27. The lowest BCUT2D eigenvalue weighted by Crippen LogP contribution is -2.48. The molecule has 0 aliphatic carbocycles. The summed E-state index contributed by atoms with van der Waals surface area (Å²) in [6, 6.07) is 12.2. The van der Waals surface area contributed by atoms with Crippen molar-refractivity contribution in [3.8, 4) is 10.6 Å². The molecule has 1 aliphatic heterocycles. The van der Waals surface area contributed by atoms with Crippen molar-refractivity contribution in [1.29, 1.82) is 0 Å². The fourth-order valence-corrected chi connectivity index (χ4v) is 5.35. The summed E-state index contributed by atoms with van der Waals surface area (Å²) in [5, 5.41) is 5.15. The highest BCUT2D eigenvalue weighted by Gasteiger charge is 2.24. The first-order chi connectivity index (χ1) is 12.7. The van der Waals surface area contributed by atoms with E-state index >= 15 is 0 Å². The molecule has 1 fully saturated rings. The first-order valence-corrected chi connectivity index (χ1v) is 11.0. The van der Waals surface area contributed by atoms with Crippen LogP contribution in [0.3, 0.4) is 0 Å². The number of nitrogens with zero attached hydrogens (tertiary/aromatic N) is 3. The quantitative estimate of drug-likeness (QED) is 0.586. The molecule has 0 atom stereocenters. The van der Waals surface area contributed by atoms with E-state index in [1.54, 1.807) is 11.3 Å². The van der Waals surface area contributed by atoms with E-state index in [9.17, 15) is 4.79 Å². The second kappa shape index (κ2) is 8.00. The predicted octanol–water partition coefficient (Wildman–Crippen LogP) is 4.59. The normalized spacial score (nSPS) is 15.3. The van der Waals surface area contributed by atoms with Crippen molar-refractivity contribution in [3.05, 3.63) is 62.2 Å². The van der Waals surface area contributed by atoms with Crippen LogP contribution in [0.5, 0.6) is 0 Å². The maximum Gasteiger partial charge on any atom is 0.265 e. The molecule has 1 aromatic carbocycles. The van der Waals surface area contributed by atoms with Gasteiger partial charge in [-0.15, -0.1) is 22.7 Å². The fourth-order valence-electron chi connectivity index (χ4n) is 3.02. The van der Waals surface area contributed by atoms with Gasteiger partial charge in [-0.2, -0.15) is 0 Å². The van der Waals surface area contributed by atoms with Crippen LogP contribution >= 0.6 is 38.6 Å². The minimum absolute atomic E-state index is 0.131. The predicted molar refractivity (Wildman–Crippen MR) is 111 cm³/mol. The Labute approximate surface area is 169 Å². The summed E-state index contributed by atoms with van der Waals surface area (Å²) in [4.78, 5) is 22.5. The van der Waals surface area contributed by atoms with E-state index in [0.29, 0.717) is 0 Å². The molecule has 2 aromatic heterocycles. The van der Waals surface area contributed by atoms with Crippen molar-refractivity contribution in [2.24, 2.45) is 0 Å². The summed E-state index contributed by atoms with van der Waals surface area (Å²) in [7, 11) is 0. The molecule has 1 amide bonds. The van der Waals surface area contributed by atoms with Gasteiger partial charge in [0.05, 0.1) is 5.69 Å². The van der Waals surface area contributed by atoms with Gasteiger partial charge in [-0.1, -0.05) is 30.3 Å². The average molecular weight is 448 g/mol. The Kier molecular flexibility index (Phi) is 5.49. The van der Waals surface area contributed by atoms with Crippen molar-refractivity contribution in [1.82, 2.24) is 14.8 Å². The number of hydrogen-bond acceptors (Lipinski definition) is 5. The molecule has 0 radical (unpaired) electrons. The number of thiophene rings is 1. The molecule has 0 unspecified atom stereocenters. The molecule has 3 aromatic rings. The van der Waals surface area contributed by atoms with Crippen LogP contribution in [0.25, 0.3) is 10.6 Å². The number of benzene rings is 1. The van der Waals surface area contributed by atoms with Crippen LogP contribution in [0.1, 0.15) is 15.4 Å². The Bertz CT molecular complexity index is 885. The van der Waals surface area contributed by atoms with E-state index in [1.165, 1.54) is 16.9 Å². The van der Waals surface area contributed by atoms with Gasteiger partial charge in [-0.3, -0.25) is 9.69 Å². The molecule has 1 aliphatic rings. The second-order valence-electron chi connectivity index (χ2n) is 6.18. The Morgan fingerprint density at radius 1 is 1.08 bits per heavy atom. The summed E-state index contributed by atoms with van der Waals surface area (Å²) < 4.78 is 0.894. The van der Waals surface area contributed by atoms with Crippen LogP contribution < -0.4 is 0 Å². The minimum Gasteiger partial charge on any atom is -0.335 e. The molecular weight excluding hydrogens is 430 g/mol. The van der Waals surface area contributed by atoms with Gasteiger partial charge < -0.3 is 4.90 Å². The molecular formula is C19H18BrN3OS2. The van der Waals surface area contributed by atoms with Gasteiger partial charge in [0.15, 0.2) is 0 Å². The van der Waals surface area contributed by atoms with Gasteiger partial charge in [0.1, 0.15) is 9.88 Å². The highest BCUT2D eigenvalue weighted by Crippen LogP contribution is 2.26. The van der Waals surface area contributed by atoms with Crippen LogP contribution in [-0.2, 0) is 6.54 Å². The molecule has 7 heteroatoms. The molecule has 3 heterocycles. The zero-order valence-electron chi connectivity index (χ0n) is 14.1. The van der Waals surface area contributed by atoms with Crippen LogP contribution in [0.15, 0.2) is 51.6 Å². The van der Waals surface area contributed by atoms with E-state index in [2.05, 4.69) is 38.3 Å². The van der Waals surface area contributed by atoms with E-state index in [1.807, 2.05) is 34.5 Å². The summed E-state index contributed by atoms with van der Waals surface area (Å²) in [6.45, 7) is 4.13. The van der Waals surface area contributed by atoms with Gasteiger partial charge >= 0.3 is 0 Å². The van der Waals surface area contributed by atoms with Crippen LogP contribution in [0.4, 0.5) is 0 Å². The second-order valence-corrected chi connectivity index (χ2v) is 8.80. The number of aromatic nitrogens is 1. The SMILES string of the molecule is O=C(c1sccc1Br)N1CCN(Cc2csc(-c3ccccc3)n2)CC1. The van der Waals surface area contributed by atoms with Gasteiger partial charge in [0.25, 0.3) is 5.91 Å². The smallest absolute Gasteiger partial charge is 0.265 e. The van der Waals surface area contributed by atoms with E-state index in [0.717, 1.165) is 52.8 Å². The van der Waals surface area contributed by atoms with Crippen molar-refractivity contribution < 1.29 is 4.79 Å². The van der Waals surface area contributed by atoms with Gasteiger partial charge in [0, 0.05) is 48.1 Å². The van der Waals surface area contributed by atoms with Crippen molar-refractivity contribution in [3.63, 3.8) is 0 Å². The van der Waals surface area contributed by atoms with Crippen molar-refractivity contribution in [2.75, 3.05) is 26.2 Å². The zero-order chi connectivity index (χ0) is 17.9. The van der Waals surface area contributed by atoms with Crippen LogP contribution in [0, 0.1) is 0 Å². The molecule has 0 saturated carbocycles. The minimum atomic E-state index is 0.131. The lowest BCUT2D eigenvalue weighted by molar-refractivity contribution is 0.0631. The first-order valence-electron chi connectivity index (χ1n) is 8.45. The molecule has 0 bridgehead atoms. The molecule has 4 rings (SSSR count). The third-order valence-corrected chi connectivity index (χ3v) is 7.19. The summed E-state index contributed by atoms with van der Waals surface area (Å²) >= 11 is 6.64. The molecule has 4 nitrogen and oxygen atoms in total. The number of carbonyl (C=O) groups excluding carboxylic acids is 1. The Hall–Kier alpha value is -1.54. The van der Waals surface area contributed by atoms with Gasteiger partial charge in [-0.25, -0.2) is 4.98 Å². The maximum absolute atomic E-state index is 12.6. The third kappa shape index (κ3) is 3.91. The number of hydrogen-bond donors (Lipinski definition) is 0. The van der Waals surface area contributed by atoms with Gasteiger partial charge in [0.2, 0.25) is 0 Å². The van der Waals surface area contributed by atoms with Crippen molar-refractivity contribution >= 4 is 44.5 Å². The third-order valence-electron chi connectivity index (χ3n) is 4.43. The number of halogens is 1. The van der Waals surface area contributed by atoms with E-state index in [4.69, 9.17) is 4.98 Å². The number of carbonyl (C=O) groups is 1. The molecule has 0 spiro atoms. The first kappa shape index (κ1) is 17.9. The Morgan fingerprint density at radius 3 is 2.54 bits per heavy atom. The highest BCUT2D eigenvalue weighted by atomic mass is 79.9. The maximum atomic E-state index is 12.6. The lowest BCUT2D eigenvalue weighted by Gasteiger charge is -2.34. The average Bonchev–Trinajstić information content (AvgIpc) is 3.32. The number of thiazole rings is 1. The standard InChI is InChI=1S/C19H18BrN3OS2/c20-16-6-11-25-17(16)19(24)23-9-7-22(8-10-23)12-15-13-26-18(21-15)14-4-2-1-3-5-14/h1-6,11,13H,7-10,12H2. The number of piperazine rings is 1. The molecule has 134 valence electrons. The highest BCUT2D eigenvalue weighted by molar-refractivity contribution is 9.10. The van der Waals surface area contributed by atoms with E-state index in [-0.39, 0.29) is 5.91 Å². The molecule has 1 saturated heterocycles. The Balaban J connectivity index is 1.34. The van der Waals surface area contributed by atoms with E-state index < -0.39 is 0 Å². The number of rotatable bonds is 4. The monoisotopic (exact) mass is 447 g/mol. The fraction of sp³-hybridized carbons (Fsp3) is 0.263. The lowest BCUT2D eigenvalue weighted by atomic mass is 10.2. The van der Waals surface area contributed by atoms with Crippen LogP contribution in [0.2, 0.25) is 0 Å². The summed E-state index contributed by atoms with van der Waals surface area (Å²) in [5.74, 6) is 0.131. The van der Waals surface area contributed by atoms with Crippen LogP contribution in [-0.4, -0.2) is 46.9 Å². The number of amides is 1. The van der Waals surface area contributed by atoms with Crippen molar-refractivity contribution in [2.45, 2.75) is 6.54 Å². The molecule has 26 heavy (non-hydrogen) atoms. The summed E-state index contributed by atoms with van der Waals surface area (Å²) in [6.07, 6.45) is 0. The molecule has 0 N–H and O–H groups in total. The Morgan fingerprint density at radius 2 is 1.85 bits per heavy atom. The van der Waals surface area contributed by atoms with Gasteiger partial charge in [-0.05, 0) is 27.4 Å².